The van der Waals surface area contributed by atoms with E-state index in [4.69, 9.17) is 27.9 Å². The number of carbonyl (C=O) groups excluding carboxylic acids is 1. The largest absolute Gasteiger partial charge is 0.508 e. The van der Waals surface area contributed by atoms with Gasteiger partial charge in [0.15, 0.2) is 6.61 Å². The van der Waals surface area contributed by atoms with Crippen molar-refractivity contribution in [1.82, 2.24) is 4.90 Å². The van der Waals surface area contributed by atoms with E-state index < -0.39 is 0 Å². The number of amides is 1. The molecule has 4 nitrogen and oxygen atoms in total. The van der Waals surface area contributed by atoms with Gasteiger partial charge in [0.05, 0.1) is 0 Å². The molecule has 0 saturated carbocycles. The Kier molecular flexibility index (Phi) is 8.76. The van der Waals surface area contributed by atoms with E-state index in [1.807, 2.05) is 24.0 Å². The molecule has 1 aliphatic heterocycles. The molecule has 1 fully saturated rings. The van der Waals surface area contributed by atoms with E-state index in [-0.39, 0.29) is 30.0 Å². The Balaban J connectivity index is 1.49. The zero-order chi connectivity index (χ0) is 25.7. The number of benzene rings is 3. The summed E-state index contributed by atoms with van der Waals surface area (Å²) in [7, 11) is 0. The van der Waals surface area contributed by atoms with Gasteiger partial charge in [-0.05, 0) is 72.7 Å². The molecule has 1 heterocycles. The summed E-state index contributed by atoms with van der Waals surface area (Å²) in [5.41, 5.74) is 3.37. The summed E-state index contributed by atoms with van der Waals surface area (Å²) in [6, 6.07) is 15.2. The lowest BCUT2D eigenvalue weighted by molar-refractivity contribution is -0.134. The molecule has 1 saturated heterocycles. The standard InChI is InChI=1S/C29H30Cl2FNO3/c1-2-23(20-7-9-21(32)10-8-20)24-14-19(6-11-28(24)34)15-25-26(30)16-22(17-27(25)31)36-18-29(35)33-12-4-3-5-13-33/h6-11,14,16-17,23,34H,2-5,12-13,15,18H2,1H3. The van der Waals surface area contributed by atoms with E-state index in [0.717, 1.165) is 61.0 Å². The Morgan fingerprint density at radius 3 is 2.33 bits per heavy atom. The molecule has 7 heteroatoms. The number of hydrogen-bond donors (Lipinski definition) is 1. The molecular weight excluding hydrogens is 500 g/mol. The smallest absolute Gasteiger partial charge is 0.260 e. The van der Waals surface area contributed by atoms with Gasteiger partial charge in [0.1, 0.15) is 17.3 Å². The van der Waals surface area contributed by atoms with E-state index in [1.54, 1.807) is 30.3 Å². The fraction of sp³-hybridized carbons (Fsp3) is 0.345. The van der Waals surface area contributed by atoms with Gasteiger partial charge in [-0.3, -0.25) is 4.79 Å². The van der Waals surface area contributed by atoms with Crippen LogP contribution >= 0.6 is 23.2 Å². The highest BCUT2D eigenvalue weighted by molar-refractivity contribution is 6.36. The van der Waals surface area contributed by atoms with Crippen molar-refractivity contribution in [1.29, 1.82) is 0 Å². The summed E-state index contributed by atoms with van der Waals surface area (Å²) in [6.07, 6.45) is 4.41. The predicted molar refractivity (Wildman–Crippen MR) is 142 cm³/mol. The van der Waals surface area contributed by atoms with Gasteiger partial charge in [-0.2, -0.15) is 0 Å². The number of carbonyl (C=O) groups is 1. The van der Waals surface area contributed by atoms with Gasteiger partial charge in [-0.15, -0.1) is 0 Å². The van der Waals surface area contributed by atoms with Crippen molar-refractivity contribution in [2.75, 3.05) is 19.7 Å². The average molecular weight is 530 g/mol. The second-order valence-corrected chi connectivity index (χ2v) is 9.99. The van der Waals surface area contributed by atoms with Crippen LogP contribution in [-0.2, 0) is 11.2 Å². The van der Waals surface area contributed by atoms with Gasteiger partial charge < -0.3 is 14.7 Å². The number of hydrogen-bond acceptors (Lipinski definition) is 3. The molecule has 0 aliphatic carbocycles. The van der Waals surface area contributed by atoms with E-state index >= 15 is 0 Å². The number of phenolic OH excluding ortho intramolecular Hbond substituents is 1. The number of piperidine rings is 1. The number of likely N-dealkylation sites (tertiary alicyclic amines) is 1. The van der Waals surface area contributed by atoms with Crippen LogP contribution in [0, 0.1) is 5.82 Å². The molecule has 4 rings (SSSR count). The van der Waals surface area contributed by atoms with E-state index in [1.165, 1.54) is 12.1 Å². The Labute approximate surface area is 221 Å². The van der Waals surface area contributed by atoms with Crippen molar-refractivity contribution in [2.24, 2.45) is 0 Å². The molecule has 3 aromatic carbocycles. The molecule has 3 aromatic rings. The van der Waals surface area contributed by atoms with Gasteiger partial charge >= 0.3 is 0 Å². The van der Waals surface area contributed by atoms with E-state index in [0.29, 0.717) is 22.2 Å². The zero-order valence-corrected chi connectivity index (χ0v) is 21.8. The summed E-state index contributed by atoms with van der Waals surface area (Å²) in [5.74, 6) is 0.236. The van der Waals surface area contributed by atoms with Crippen LogP contribution in [0.4, 0.5) is 4.39 Å². The second-order valence-electron chi connectivity index (χ2n) is 9.18. The molecular formula is C29H30Cl2FNO3. The first-order chi connectivity index (χ1) is 17.4. The van der Waals surface area contributed by atoms with E-state index in [9.17, 15) is 14.3 Å². The third kappa shape index (κ3) is 6.32. The van der Waals surface area contributed by atoms with Gasteiger partial charge in [-0.1, -0.05) is 54.4 Å². The lowest BCUT2D eigenvalue weighted by Gasteiger charge is -2.26. The lowest BCUT2D eigenvalue weighted by Crippen LogP contribution is -2.38. The average Bonchev–Trinajstić information content (AvgIpc) is 2.88. The van der Waals surface area contributed by atoms with Crippen molar-refractivity contribution >= 4 is 29.1 Å². The summed E-state index contributed by atoms with van der Waals surface area (Å²) in [4.78, 5) is 14.2. The third-order valence-corrected chi connectivity index (χ3v) is 7.39. The quantitative estimate of drug-likeness (QED) is 0.331. The highest BCUT2D eigenvalue weighted by Crippen LogP contribution is 2.37. The SMILES string of the molecule is CCC(c1ccc(F)cc1)c1cc(Cc2c(Cl)cc(OCC(=O)N3CCCCC3)cc2Cl)ccc1O. The number of halogens is 3. The number of rotatable bonds is 8. The number of phenols is 1. The minimum absolute atomic E-state index is 0.0331. The van der Waals surface area contributed by atoms with Gasteiger partial charge in [-0.25, -0.2) is 4.39 Å². The van der Waals surface area contributed by atoms with E-state index in [2.05, 4.69) is 0 Å². The van der Waals surface area contributed by atoms with Crippen LogP contribution in [0.3, 0.4) is 0 Å². The van der Waals surface area contributed by atoms with Crippen molar-refractivity contribution in [3.05, 3.63) is 92.7 Å². The summed E-state index contributed by atoms with van der Waals surface area (Å²) in [5, 5.41) is 11.5. The van der Waals surface area contributed by atoms with Crippen molar-refractivity contribution in [3.8, 4) is 11.5 Å². The number of aromatic hydroxyl groups is 1. The number of nitrogens with zero attached hydrogens (tertiary/aromatic N) is 1. The zero-order valence-electron chi connectivity index (χ0n) is 20.3. The van der Waals surface area contributed by atoms with Gasteiger partial charge in [0.25, 0.3) is 5.91 Å². The summed E-state index contributed by atoms with van der Waals surface area (Å²) >= 11 is 13.2. The lowest BCUT2D eigenvalue weighted by atomic mass is 9.87. The first-order valence-corrected chi connectivity index (χ1v) is 13.1. The van der Waals surface area contributed by atoms with Crippen molar-refractivity contribution in [3.63, 3.8) is 0 Å². The molecule has 1 amide bonds. The fourth-order valence-corrected chi connectivity index (χ4v) is 5.34. The van der Waals surface area contributed by atoms with Gasteiger partial charge in [0.2, 0.25) is 0 Å². The monoisotopic (exact) mass is 529 g/mol. The Bertz CT molecular complexity index is 1190. The molecule has 190 valence electrons. The Morgan fingerprint density at radius 1 is 1.03 bits per heavy atom. The van der Waals surface area contributed by atoms with Crippen molar-refractivity contribution in [2.45, 2.75) is 44.9 Å². The Hall–Kier alpha value is -2.76. The summed E-state index contributed by atoms with van der Waals surface area (Å²) < 4.78 is 19.1. The highest BCUT2D eigenvalue weighted by Gasteiger charge is 2.19. The van der Waals surface area contributed by atoms with Crippen LogP contribution < -0.4 is 4.74 Å². The maximum Gasteiger partial charge on any atom is 0.260 e. The molecule has 0 spiro atoms. The van der Waals surface area contributed by atoms with Crippen LogP contribution in [0.25, 0.3) is 0 Å². The second kappa shape index (κ2) is 12.0. The maximum absolute atomic E-state index is 13.4. The molecule has 1 atom stereocenters. The molecule has 1 N–H and O–H groups in total. The maximum atomic E-state index is 13.4. The van der Waals surface area contributed by atoms with Crippen LogP contribution in [-0.4, -0.2) is 35.6 Å². The van der Waals surface area contributed by atoms with Crippen LogP contribution in [0.5, 0.6) is 11.5 Å². The highest BCUT2D eigenvalue weighted by atomic mass is 35.5. The molecule has 0 aromatic heterocycles. The predicted octanol–water partition coefficient (Wildman–Crippen LogP) is 7.36. The molecule has 1 unspecified atom stereocenters. The fourth-order valence-electron chi connectivity index (χ4n) is 4.74. The minimum Gasteiger partial charge on any atom is -0.508 e. The van der Waals surface area contributed by atoms with Gasteiger partial charge in [0, 0.05) is 41.0 Å². The first kappa shape index (κ1) is 26.3. The number of ether oxygens (including phenoxy) is 1. The van der Waals surface area contributed by atoms with Crippen LogP contribution in [0.1, 0.15) is 60.8 Å². The molecule has 0 bridgehead atoms. The third-order valence-electron chi connectivity index (χ3n) is 6.71. The molecule has 0 radical (unpaired) electrons. The van der Waals surface area contributed by atoms with Crippen LogP contribution in [0.2, 0.25) is 10.0 Å². The minimum atomic E-state index is -0.292. The molecule has 36 heavy (non-hydrogen) atoms. The Morgan fingerprint density at radius 2 is 1.69 bits per heavy atom. The topological polar surface area (TPSA) is 49.8 Å². The summed E-state index contributed by atoms with van der Waals surface area (Å²) in [6.45, 7) is 3.53. The van der Waals surface area contributed by atoms with Crippen molar-refractivity contribution < 1.29 is 19.0 Å². The first-order valence-electron chi connectivity index (χ1n) is 12.3. The normalized spacial score (nSPS) is 14.5. The molecule has 1 aliphatic rings. The van der Waals surface area contributed by atoms with Crippen LogP contribution in [0.15, 0.2) is 54.6 Å².